The van der Waals surface area contributed by atoms with Crippen LogP contribution in [0.2, 0.25) is 5.02 Å². The van der Waals surface area contributed by atoms with E-state index in [1.54, 1.807) is 61.4 Å². The number of fused-ring (bicyclic) bond motifs is 1. The zero-order valence-electron chi connectivity index (χ0n) is 17.0. The van der Waals surface area contributed by atoms with Crippen molar-refractivity contribution in [1.29, 1.82) is 0 Å². The van der Waals surface area contributed by atoms with Crippen molar-refractivity contribution in [3.8, 4) is 17.2 Å². The average molecular weight is 430 g/mol. The van der Waals surface area contributed by atoms with Gasteiger partial charge in [-0.3, -0.25) is 9.59 Å². The van der Waals surface area contributed by atoms with Gasteiger partial charge >= 0.3 is 0 Å². The largest absolute Gasteiger partial charge is 0.497 e. The Bertz CT molecular complexity index is 951. The molecule has 2 aromatic rings. The van der Waals surface area contributed by atoms with E-state index < -0.39 is 11.7 Å². The molecule has 0 radical (unpaired) electrons. The van der Waals surface area contributed by atoms with Crippen molar-refractivity contribution in [3.63, 3.8) is 0 Å². The van der Waals surface area contributed by atoms with Gasteiger partial charge in [0.25, 0.3) is 5.91 Å². The molecule has 0 bridgehead atoms. The first-order chi connectivity index (χ1) is 14.4. The Balaban J connectivity index is 1.40. The summed E-state index contributed by atoms with van der Waals surface area (Å²) in [5, 5.41) is 0.615. The van der Waals surface area contributed by atoms with E-state index in [-0.39, 0.29) is 11.7 Å². The molecule has 0 aromatic heterocycles. The van der Waals surface area contributed by atoms with Gasteiger partial charge in [0.2, 0.25) is 0 Å². The lowest BCUT2D eigenvalue weighted by molar-refractivity contribution is -0.141. The minimum Gasteiger partial charge on any atom is -0.497 e. The zero-order valence-corrected chi connectivity index (χ0v) is 17.8. The van der Waals surface area contributed by atoms with Gasteiger partial charge in [0.15, 0.2) is 11.9 Å². The quantitative estimate of drug-likeness (QED) is 0.730. The molecule has 6 nitrogen and oxygen atoms in total. The Morgan fingerprint density at radius 3 is 2.47 bits per heavy atom. The number of ketones is 1. The molecule has 158 valence electrons. The number of methoxy groups -OCH3 is 1. The number of amides is 1. The fourth-order valence-corrected chi connectivity index (χ4v) is 4.17. The van der Waals surface area contributed by atoms with E-state index >= 15 is 0 Å². The lowest BCUT2D eigenvalue weighted by atomic mass is 9.82. The summed E-state index contributed by atoms with van der Waals surface area (Å²) in [5.41, 5.74) is 0.0120. The molecular formula is C23H24ClNO5. The number of nitrogens with zero attached hydrogens (tertiary/aromatic N) is 1. The number of hydrogen-bond acceptors (Lipinski definition) is 5. The van der Waals surface area contributed by atoms with Crippen molar-refractivity contribution < 1.29 is 23.8 Å². The van der Waals surface area contributed by atoms with Gasteiger partial charge < -0.3 is 19.1 Å². The number of carbonyl (C=O) groups excluding carboxylic acids is 2. The maximum Gasteiger partial charge on any atom is 0.263 e. The Kier molecular flexibility index (Phi) is 5.60. The lowest BCUT2D eigenvalue weighted by Crippen LogP contribution is -2.54. The van der Waals surface area contributed by atoms with Gasteiger partial charge in [-0.25, -0.2) is 0 Å². The van der Waals surface area contributed by atoms with Gasteiger partial charge in [-0.15, -0.1) is 0 Å². The number of Topliss-reactive ketones (excluding diaryl/α,β-unsaturated/α-hetero) is 1. The molecule has 30 heavy (non-hydrogen) atoms. The van der Waals surface area contributed by atoms with E-state index in [2.05, 4.69) is 0 Å². The summed E-state index contributed by atoms with van der Waals surface area (Å²) in [7, 11) is 1.58. The molecule has 1 fully saturated rings. The predicted molar refractivity (Wildman–Crippen MR) is 113 cm³/mol. The third-order valence-electron chi connectivity index (χ3n) is 5.76. The summed E-state index contributed by atoms with van der Waals surface area (Å²) in [4.78, 5) is 27.3. The van der Waals surface area contributed by atoms with Crippen LogP contribution < -0.4 is 14.2 Å². The van der Waals surface area contributed by atoms with E-state index in [1.807, 2.05) is 0 Å². The lowest BCUT2D eigenvalue weighted by Gasteiger charge is -2.44. The fraction of sp³-hybridized carbons (Fsp3) is 0.391. The van der Waals surface area contributed by atoms with Gasteiger partial charge in [-0.1, -0.05) is 11.6 Å². The van der Waals surface area contributed by atoms with Crippen LogP contribution >= 0.6 is 11.6 Å². The molecule has 2 aromatic carbocycles. The fourth-order valence-electron chi connectivity index (χ4n) is 4.04. The first-order valence-electron chi connectivity index (χ1n) is 10.0. The van der Waals surface area contributed by atoms with E-state index in [9.17, 15) is 9.59 Å². The zero-order chi connectivity index (χ0) is 21.3. The standard InChI is InChI=1S/C23H24ClNO5/c1-15(29-17-5-3-16(24)4-6-17)22(27)25-11-9-23(10-12-25)14-20(26)19-8-7-18(28-2)13-21(19)30-23/h3-8,13,15H,9-12,14H2,1-2H3. The maximum absolute atomic E-state index is 12.8. The summed E-state index contributed by atoms with van der Waals surface area (Å²) in [5.74, 6) is 1.80. The third kappa shape index (κ3) is 4.10. The number of ether oxygens (including phenoxy) is 3. The van der Waals surface area contributed by atoms with Crippen molar-refractivity contribution in [1.82, 2.24) is 4.90 Å². The van der Waals surface area contributed by atoms with E-state index in [1.165, 1.54) is 0 Å². The Labute approximate surface area is 180 Å². The van der Waals surface area contributed by atoms with Crippen LogP contribution in [0, 0.1) is 0 Å². The summed E-state index contributed by atoms with van der Waals surface area (Å²) >= 11 is 5.89. The predicted octanol–water partition coefficient (Wildman–Crippen LogP) is 4.14. The molecule has 0 saturated carbocycles. The highest BCUT2D eigenvalue weighted by atomic mass is 35.5. The van der Waals surface area contributed by atoms with Crippen molar-refractivity contribution in [3.05, 3.63) is 53.1 Å². The molecule has 1 atom stereocenters. The normalized spacial score (nSPS) is 18.4. The SMILES string of the molecule is COc1ccc2c(c1)OC1(CCN(C(=O)C(C)Oc3ccc(Cl)cc3)CC1)CC2=O. The monoisotopic (exact) mass is 429 g/mol. The summed E-state index contributed by atoms with van der Waals surface area (Å²) in [6.07, 6.45) is 0.897. The first kappa shape index (κ1) is 20.5. The van der Waals surface area contributed by atoms with Gasteiger partial charge in [0.1, 0.15) is 22.8 Å². The minimum absolute atomic E-state index is 0.0677. The van der Waals surface area contributed by atoms with Crippen LogP contribution in [0.15, 0.2) is 42.5 Å². The second kappa shape index (κ2) is 8.19. The first-order valence-corrected chi connectivity index (χ1v) is 10.4. The number of piperidine rings is 1. The van der Waals surface area contributed by atoms with E-state index in [0.29, 0.717) is 60.2 Å². The summed E-state index contributed by atoms with van der Waals surface area (Å²) in [6.45, 7) is 2.77. The summed E-state index contributed by atoms with van der Waals surface area (Å²) < 4.78 is 17.3. The minimum atomic E-state index is -0.612. The van der Waals surface area contributed by atoms with Crippen LogP contribution in [-0.2, 0) is 4.79 Å². The van der Waals surface area contributed by atoms with Crippen molar-refractivity contribution in [2.45, 2.75) is 37.9 Å². The average Bonchev–Trinajstić information content (AvgIpc) is 2.75. The van der Waals surface area contributed by atoms with Crippen LogP contribution in [0.5, 0.6) is 17.2 Å². The maximum atomic E-state index is 12.8. The van der Waals surface area contributed by atoms with Crippen LogP contribution in [-0.4, -0.2) is 48.5 Å². The van der Waals surface area contributed by atoms with Gasteiger partial charge in [-0.2, -0.15) is 0 Å². The molecule has 4 rings (SSSR count). The van der Waals surface area contributed by atoms with Crippen molar-refractivity contribution >= 4 is 23.3 Å². The van der Waals surface area contributed by atoms with Crippen LogP contribution in [0.25, 0.3) is 0 Å². The second-order valence-electron chi connectivity index (χ2n) is 7.79. The number of carbonyl (C=O) groups is 2. The molecule has 2 aliphatic rings. The van der Waals surface area contributed by atoms with Gasteiger partial charge in [0.05, 0.1) is 19.1 Å². The Morgan fingerprint density at radius 2 is 1.80 bits per heavy atom. The molecule has 2 heterocycles. The van der Waals surface area contributed by atoms with Crippen molar-refractivity contribution in [2.75, 3.05) is 20.2 Å². The van der Waals surface area contributed by atoms with E-state index in [0.717, 1.165) is 0 Å². The molecule has 2 aliphatic heterocycles. The highest BCUT2D eigenvalue weighted by Gasteiger charge is 2.44. The third-order valence-corrected chi connectivity index (χ3v) is 6.01. The Morgan fingerprint density at radius 1 is 1.13 bits per heavy atom. The molecule has 7 heteroatoms. The molecule has 1 amide bonds. The Hall–Kier alpha value is -2.73. The topological polar surface area (TPSA) is 65.1 Å². The number of hydrogen-bond donors (Lipinski definition) is 0. The highest BCUT2D eigenvalue weighted by molar-refractivity contribution is 6.30. The van der Waals surface area contributed by atoms with Gasteiger partial charge in [0, 0.05) is 37.0 Å². The molecular weight excluding hydrogens is 406 g/mol. The van der Waals surface area contributed by atoms with Crippen LogP contribution in [0.3, 0.4) is 0 Å². The number of halogens is 1. The van der Waals surface area contributed by atoms with Crippen molar-refractivity contribution in [2.24, 2.45) is 0 Å². The smallest absolute Gasteiger partial charge is 0.263 e. The summed E-state index contributed by atoms with van der Waals surface area (Å²) in [6, 6.07) is 12.2. The highest BCUT2D eigenvalue weighted by Crippen LogP contribution is 2.40. The number of benzene rings is 2. The van der Waals surface area contributed by atoms with Crippen LogP contribution in [0.1, 0.15) is 36.5 Å². The molecule has 0 N–H and O–H groups in total. The molecule has 0 aliphatic carbocycles. The van der Waals surface area contributed by atoms with E-state index in [4.69, 9.17) is 25.8 Å². The molecule has 1 unspecified atom stereocenters. The number of rotatable bonds is 4. The van der Waals surface area contributed by atoms with Crippen LogP contribution in [0.4, 0.5) is 0 Å². The second-order valence-corrected chi connectivity index (χ2v) is 8.22. The molecule has 1 saturated heterocycles. The molecule has 1 spiro atoms. The number of likely N-dealkylation sites (tertiary alicyclic amines) is 1. The van der Waals surface area contributed by atoms with Gasteiger partial charge in [-0.05, 0) is 43.3 Å².